The monoisotopic (exact) mass is 181 g/mol. The lowest BCUT2D eigenvalue weighted by molar-refractivity contribution is 0.791. The van der Waals surface area contributed by atoms with Crippen molar-refractivity contribution in [2.45, 2.75) is 40.5 Å². The minimum atomic E-state index is 1.01. The first kappa shape index (κ1) is 12.4. The molecule has 0 heterocycles. The first-order chi connectivity index (χ1) is 6.16. The van der Waals surface area contributed by atoms with Crippen molar-refractivity contribution in [1.82, 2.24) is 5.32 Å². The molecule has 0 aliphatic carbocycles. The molecule has 76 valence electrons. The molecular formula is C12H23N. The molecule has 0 saturated heterocycles. The third-order valence-electron chi connectivity index (χ3n) is 1.94. The molecule has 0 fully saturated rings. The molecule has 1 N–H and O–H groups in total. The fourth-order valence-electron chi connectivity index (χ4n) is 1.08. The Kier molecular flexibility index (Phi) is 7.71. The molecule has 0 aromatic rings. The topological polar surface area (TPSA) is 12.0 Å². The summed E-state index contributed by atoms with van der Waals surface area (Å²) in [5, 5.41) is 3.29. The minimum absolute atomic E-state index is 1.01. The maximum Gasteiger partial charge on any atom is 0.0137 e. The van der Waals surface area contributed by atoms with Crippen molar-refractivity contribution in [3.8, 4) is 0 Å². The van der Waals surface area contributed by atoms with Gasteiger partial charge in [0.1, 0.15) is 0 Å². The second-order valence-corrected chi connectivity index (χ2v) is 3.68. The Morgan fingerprint density at radius 3 is 2.38 bits per heavy atom. The molecule has 1 nitrogen and oxygen atoms in total. The lowest BCUT2D eigenvalue weighted by Crippen LogP contribution is -2.12. The van der Waals surface area contributed by atoms with Crippen molar-refractivity contribution in [1.29, 1.82) is 0 Å². The highest BCUT2D eigenvalue weighted by Crippen LogP contribution is 2.05. The zero-order chi connectivity index (χ0) is 10.1. The van der Waals surface area contributed by atoms with Gasteiger partial charge in [-0.25, -0.2) is 0 Å². The summed E-state index contributed by atoms with van der Waals surface area (Å²) in [7, 11) is 0. The smallest absolute Gasteiger partial charge is 0.0137 e. The quantitative estimate of drug-likeness (QED) is 0.490. The van der Waals surface area contributed by atoms with Gasteiger partial charge in [0.2, 0.25) is 0 Å². The Hall–Kier alpha value is -0.560. The van der Waals surface area contributed by atoms with E-state index in [9.17, 15) is 0 Å². The van der Waals surface area contributed by atoms with Crippen LogP contribution < -0.4 is 5.32 Å². The highest BCUT2D eigenvalue weighted by Gasteiger charge is 1.87. The van der Waals surface area contributed by atoms with E-state index >= 15 is 0 Å². The highest BCUT2D eigenvalue weighted by atomic mass is 14.8. The van der Waals surface area contributed by atoms with Crippen LogP contribution >= 0.6 is 0 Å². The van der Waals surface area contributed by atoms with Crippen LogP contribution in [0.5, 0.6) is 0 Å². The Morgan fingerprint density at radius 1 is 1.15 bits per heavy atom. The second-order valence-electron chi connectivity index (χ2n) is 3.68. The molecule has 0 aliphatic heterocycles. The number of likely N-dealkylation sites (N-methyl/N-ethyl adjacent to an activating group) is 1. The molecule has 1 heteroatoms. The Labute approximate surface area is 82.9 Å². The van der Waals surface area contributed by atoms with Crippen LogP contribution in [-0.2, 0) is 0 Å². The summed E-state index contributed by atoms with van der Waals surface area (Å²) >= 11 is 0. The summed E-state index contributed by atoms with van der Waals surface area (Å²) in [6.07, 6.45) is 6.94. The van der Waals surface area contributed by atoms with Gasteiger partial charge in [-0.05, 0) is 40.2 Å². The minimum Gasteiger partial charge on any atom is -0.314 e. The van der Waals surface area contributed by atoms with Gasteiger partial charge < -0.3 is 5.32 Å². The van der Waals surface area contributed by atoms with Crippen LogP contribution in [0.25, 0.3) is 0 Å². The zero-order valence-corrected chi connectivity index (χ0v) is 9.48. The van der Waals surface area contributed by atoms with E-state index in [0.29, 0.717) is 0 Å². The van der Waals surface area contributed by atoms with Gasteiger partial charge in [0.25, 0.3) is 0 Å². The van der Waals surface area contributed by atoms with Crippen molar-refractivity contribution in [3.63, 3.8) is 0 Å². The lowest BCUT2D eigenvalue weighted by atomic mass is 10.1. The van der Waals surface area contributed by atoms with Crippen LogP contribution in [0.4, 0.5) is 0 Å². The first-order valence-electron chi connectivity index (χ1n) is 5.16. The Morgan fingerprint density at radius 2 is 1.85 bits per heavy atom. The number of rotatable bonds is 6. The molecule has 0 aliphatic rings. The normalized spacial score (nSPS) is 11.5. The third-order valence-corrected chi connectivity index (χ3v) is 1.94. The van der Waals surface area contributed by atoms with Crippen LogP contribution in [0, 0.1) is 0 Å². The van der Waals surface area contributed by atoms with E-state index in [0.717, 1.165) is 13.1 Å². The van der Waals surface area contributed by atoms with Crippen LogP contribution in [-0.4, -0.2) is 13.1 Å². The summed E-state index contributed by atoms with van der Waals surface area (Å²) in [5.74, 6) is 0. The van der Waals surface area contributed by atoms with Crippen molar-refractivity contribution >= 4 is 0 Å². The number of allylic oxidation sites excluding steroid dienone is 3. The average Bonchev–Trinajstić information content (AvgIpc) is 2.04. The van der Waals surface area contributed by atoms with Gasteiger partial charge in [-0.1, -0.05) is 30.2 Å². The van der Waals surface area contributed by atoms with Gasteiger partial charge in [0.15, 0.2) is 0 Å². The molecule has 0 atom stereocenters. The van der Waals surface area contributed by atoms with Crippen LogP contribution in [0.2, 0.25) is 0 Å². The number of nitrogens with one attached hydrogen (secondary N) is 1. The Balaban J connectivity index is 3.55. The molecule has 0 saturated carbocycles. The van der Waals surface area contributed by atoms with E-state index in [-0.39, 0.29) is 0 Å². The summed E-state index contributed by atoms with van der Waals surface area (Å²) in [4.78, 5) is 0. The largest absolute Gasteiger partial charge is 0.314 e. The molecule has 0 aromatic carbocycles. The van der Waals surface area contributed by atoms with Crippen LogP contribution in [0.15, 0.2) is 23.3 Å². The predicted octanol–water partition coefficient (Wildman–Crippen LogP) is 3.29. The van der Waals surface area contributed by atoms with Crippen molar-refractivity contribution in [2.75, 3.05) is 13.1 Å². The van der Waals surface area contributed by atoms with Gasteiger partial charge in [-0.3, -0.25) is 0 Å². The summed E-state index contributed by atoms with van der Waals surface area (Å²) < 4.78 is 0. The van der Waals surface area contributed by atoms with Crippen molar-refractivity contribution in [2.24, 2.45) is 0 Å². The van der Waals surface area contributed by atoms with Gasteiger partial charge in [0.05, 0.1) is 0 Å². The summed E-state index contributed by atoms with van der Waals surface area (Å²) in [6, 6.07) is 0. The maximum absolute atomic E-state index is 3.29. The van der Waals surface area contributed by atoms with E-state index in [2.05, 4.69) is 45.2 Å². The fraction of sp³-hybridized carbons (Fsp3) is 0.667. The summed E-state index contributed by atoms with van der Waals surface area (Å²) in [6.45, 7) is 10.7. The molecule has 0 bridgehead atoms. The highest BCUT2D eigenvalue weighted by molar-refractivity contribution is 5.02. The van der Waals surface area contributed by atoms with E-state index in [4.69, 9.17) is 0 Å². The van der Waals surface area contributed by atoms with Crippen LogP contribution in [0.1, 0.15) is 40.5 Å². The Bertz CT molecular complexity index is 174. The number of hydrogen-bond acceptors (Lipinski definition) is 1. The molecule has 0 aromatic heterocycles. The molecule has 0 radical (unpaired) electrons. The van der Waals surface area contributed by atoms with E-state index in [1.807, 2.05) is 0 Å². The second kappa shape index (κ2) is 8.06. The standard InChI is InChI=1S/C12H23N/c1-5-13-10-9-12(4)8-6-7-11(2)3/h7,9,13H,5-6,8,10H2,1-4H3/b12-9+. The third kappa shape index (κ3) is 9.35. The molecule has 0 rings (SSSR count). The first-order valence-corrected chi connectivity index (χ1v) is 5.16. The predicted molar refractivity (Wildman–Crippen MR) is 61.0 cm³/mol. The SMILES string of the molecule is CCNC/C=C(\C)CCC=C(C)C. The average molecular weight is 181 g/mol. The van der Waals surface area contributed by atoms with Gasteiger partial charge in [-0.2, -0.15) is 0 Å². The van der Waals surface area contributed by atoms with Crippen LogP contribution in [0.3, 0.4) is 0 Å². The lowest BCUT2D eigenvalue weighted by Gasteiger charge is -1.99. The van der Waals surface area contributed by atoms with Crippen molar-refractivity contribution < 1.29 is 0 Å². The van der Waals surface area contributed by atoms with Gasteiger partial charge >= 0.3 is 0 Å². The van der Waals surface area contributed by atoms with Gasteiger partial charge in [-0.15, -0.1) is 0 Å². The maximum atomic E-state index is 3.29. The molecule has 0 unspecified atom stereocenters. The van der Waals surface area contributed by atoms with E-state index in [1.165, 1.54) is 24.0 Å². The molecular weight excluding hydrogens is 158 g/mol. The molecule has 0 spiro atoms. The number of hydrogen-bond donors (Lipinski definition) is 1. The fourth-order valence-corrected chi connectivity index (χ4v) is 1.08. The van der Waals surface area contributed by atoms with E-state index < -0.39 is 0 Å². The zero-order valence-electron chi connectivity index (χ0n) is 9.48. The molecule has 13 heavy (non-hydrogen) atoms. The van der Waals surface area contributed by atoms with Gasteiger partial charge in [0, 0.05) is 6.54 Å². The summed E-state index contributed by atoms with van der Waals surface area (Å²) in [5.41, 5.74) is 2.90. The molecule has 0 amide bonds. The van der Waals surface area contributed by atoms with Crippen molar-refractivity contribution in [3.05, 3.63) is 23.3 Å². The van der Waals surface area contributed by atoms with E-state index in [1.54, 1.807) is 0 Å².